The molecular weight excluding hydrogens is 208 g/mol. The molecule has 0 spiro atoms. The highest BCUT2D eigenvalue weighted by atomic mass is 35.5. The molecule has 1 saturated heterocycles. The first kappa shape index (κ1) is 9.22. The van der Waals surface area contributed by atoms with Crippen molar-refractivity contribution >= 4 is 17.2 Å². The predicted molar refractivity (Wildman–Crippen MR) is 61.5 cm³/mol. The average molecular weight is 221 g/mol. The Labute approximate surface area is 94.6 Å². The molecular formula is C12H13ClN2. The number of halogens is 1. The normalized spacial score (nSPS) is 20.6. The number of aromatic nitrogens is 1. The summed E-state index contributed by atoms with van der Waals surface area (Å²) in [7, 11) is 0. The molecule has 15 heavy (non-hydrogen) atoms. The fourth-order valence-corrected chi connectivity index (χ4v) is 2.61. The summed E-state index contributed by atoms with van der Waals surface area (Å²) < 4.78 is 0. The van der Waals surface area contributed by atoms with Gasteiger partial charge in [-0.15, -0.1) is 0 Å². The zero-order valence-corrected chi connectivity index (χ0v) is 9.24. The molecule has 0 saturated carbocycles. The Hall–Kier alpha value is -1.02. The quantitative estimate of drug-likeness (QED) is 0.677. The second-order valence-corrected chi connectivity index (χ2v) is 4.65. The summed E-state index contributed by atoms with van der Waals surface area (Å²) in [4.78, 5) is 6.55. The molecule has 3 aliphatic rings. The third-order valence-electron chi connectivity index (χ3n) is 3.35. The topological polar surface area (TPSA) is 16.1 Å². The number of rotatable bonds is 1. The van der Waals surface area contributed by atoms with E-state index in [0.717, 1.165) is 5.92 Å². The highest BCUT2D eigenvalue weighted by molar-refractivity contribution is 6.29. The van der Waals surface area contributed by atoms with Crippen molar-refractivity contribution in [2.75, 3.05) is 13.1 Å². The van der Waals surface area contributed by atoms with Crippen LogP contribution in [0.2, 0.25) is 5.15 Å². The van der Waals surface area contributed by atoms with Crippen molar-refractivity contribution in [2.24, 2.45) is 5.92 Å². The molecule has 0 atom stereocenters. The molecule has 0 radical (unpaired) electrons. The lowest BCUT2D eigenvalue weighted by atomic mass is 9.83. The van der Waals surface area contributed by atoms with Gasteiger partial charge in [0.1, 0.15) is 5.15 Å². The van der Waals surface area contributed by atoms with Crippen molar-refractivity contribution in [1.82, 2.24) is 9.88 Å². The van der Waals surface area contributed by atoms with Gasteiger partial charge in [-0.3, -0.25) is 0 Å². The molecule has 4 heterocycles. The maximum atomic E-state index is 5.79. The lowest BCUT2D eigenvalue weighted by Gasteiger charge is -2.39. The fourth-order valence-electron chi connectivity index (χ4n) is 2.50. The maximum absolute atomic E-state index is 5.79. The summed E-state index contributed by atoms with van der Waals surface area (Å²) in [6.45, 7) is 2.43. The Morgan fingerprint density at radius 3 is 2.60 bits per heavy atom. The van der Waals surface area contributed by atoms with Crippen LogP contribution in [0.3, 0.4) is 0 Å². The zero-order chi connectivity index (χ0) is 10.3. The van der Waals surface area contributed by atoms with Gasteiger partial charge in [-0.05, 0) is 36.0 Å². The molecule has 0 amide bonds. The molecule has 1 aromatic heterocycles. The van der Waals surface area contributed by atoms with Crippen LogP contribution in [0.1, 0.15) is 18.4 Å². The number of fused-ring (bicyclic) bond motifs is 2. The second-order valence-electron chi connectivity index (χ2n) is 4.26. The van der Waals surface area contributed by atoms with Crippen LogP contribution in [0.4, 0.5) is 0 Å². The molecule has 1 fully saturated rings. The number of hydrogen-bond acceptors (Lipinski definition) is 2. The van der Waals surface area contributed by atoms with Gasteiger partial charge in [0.2, 0.25) is 0 Å². The van der Waals surface area contributed by atoms with Crippen LogP contribution >= 0.6 is 11.6 Å². The molecule has 4 rings (SSSR count). The molecule has 3 heteroatoms. The van der Waals surface area contributed by atoms with Gasteiger partial charge >= 0.3 is 0 Å². The van der Waals surface area contributed by atoms with Gasteiger partial charge < -0.3 is 4.90 Å². The van der Waals surface area contributed by atoms with Crippen LogP contribution in [0.15, 0.2) is 24.5 Å². The Morgan fingerprint density at radius 2 is 2.07 bits per heavy atom. The zero-order valence-electron chi connectivity index (χ0n) is 8.49. The monoisotopic (exact) mass is 220 g/mol. The number of allylic oxidation sites excluding steroid dienone is 1. The molecule has 3 aliphatic heterocycles. The predicted octanol–water partition coefficient (Wildman–Crippen LogP) is 2.80. The molecule has 0 N–H and O–H groups in total. The largest absolute Gasteiger partial charge is 0.377 e. The third-order valence-corrected chi connectivity index (χ3v) is 3.58. The van der Waals surface area contributed by atoms with E-state index in [1.807, 2.05) is 12.3 Å². The van der Waals surface area contributed by atoms with Crippen molar-refractivity contribution in [3.63, 3.8) is 0 Å². The number of hydrogen-bond donors (Lipinski definition) is 0. The number of nitrogens with zero attached hydrogens (tertiary/aromatic N) is 2. The van der Waals surface area contributed by atoms with E-state index in [9.17, 15) is 0 Å². The Morgan fingerprint density at radius 1 is 1.27 bits per heavy atom. The first-order valence-electron chi connectivity index (χ1n) is 5.40. The number of piperidine rings is 1. The van der Waals surface area contributed by atoms with Gasteiger partial charge in [0.15, 0.2) is 0 Å². The van der Waals surface area contributed by atoms with Crippen molar-refractivity contribution < 1.29 is 0 Å². The smallest absolute Gasteiger partial charge is 0.129 e. The summed E-state index contributed by atoms with van der Waals surface area (Å²) in [6.07, 6.45) is 6.75. The van der Waals surface area contributed by atoms with E-state index in [0.29, 0.717) is 5.15 Å². The molecule has 2 nitrogen and oxygen atoms in total. The Balaban J connectivity index is 1.97. The van der Waals surface area contributed by atoms with E-state index in [2.05, 4.69) is 22.2 Å². The Bertz CT molecular complexity index is 389. The van der Waals surface area contributed by atoms with Gasteiger partial charge in [0, 0.05) is 25.5 Å². The highest BCUT2D eigenvalue weighted by Crippen LogP contribution is 2.36. The Kier molecular flexibility index (Phi) is 2.17. The first-order chi connectivity index (χ1) is 7.33. The third kappa shape index (κ3) is 1.63. The van der Waals surface area contributed by atoms with Gasteiger partial charge in [-0.1, -0.05) is 17.7 Å². The molecule has 0 aliphatic carbocycles. The van der Waals surface area contributed by atoms with E-state index < -0.39 is 0 Å². The summed E-state index contributed by atoms with van der Waals surface area (Å²) in [6, 6.07) is 3.94. The molecule has 2 bridgehead atoms. The van der Waals surface area contributed by atoms with Crippen LogP contribution in [-0.4, -0.2) is 23.0 Å². The second kappa shape index (κ2) is 3.53. The van der Waals surface area contributed by atoms with Gasteiger partial charge in [0.25, 0.3) is 0 Å². The van der Waals surface area contributed by atoms with Crippen LogP contribution in [0.5, 0.6) is 0 Å². The SMILES string of the molecule is Clc1ccc(C2=CN3CCC2CC3)cn1. The van der Waals surface area contributed by atoms with Crippen LogP contribution < -0.4 is 0 Å². The minimum absolute atomic E-state index is 0.570. The van der Waals surface area contributed by atoms with Crippen LogP contribution in [0, 0.1) is 5.92 Å². The van der Waals surface area contributed by atoms with Crippen molar-refractivity contribution in [1.29, 1.82) is 0 Å². The fraction of sp³-hybridized carbons (Fsp3) is 0.417. The van der Waals surface area contributed by atoms with Crippen molar-refractivity contribution in [3.8, 4) is 0 Å². The lowest BCUT2D eigenvalue weighted by Crippen LogP contribution is -2.35. The first-order valence-corrected chi connectivity index (χ1v) is 5.78. The standard InChI is InChI=1S/C12H13ClN2/c13-12-2-1-10(7-14-12)11-8-15-5-3-9(11)4-6-15/h1-2,7-9H,3-6H2. The highest BCUT2D eigenvalue weighted by Gasteiger charge is 2.27. The van der Waals surface area contributed by atoms with Gasteiger partial charge in [-0.25, -0.2) is 4.98 Å². The molecule has 1 aromatic rings. The summed E-state index contributed by atoms with van der Waals surface area (Å²) in [5, 5.41) is 0.570. The summed E-state index contributed by atoms with van der Waals surface area (Å²) >= 11 is 5.79. The van der Waals surface area contributed by atoms with E-state index >= 15 is 0 Å². The minimum Gasteiger partial charge on any atom is -0.377 e. The van der Waals surface area contributed by atoms with E-state index in [-0.39, 0.29) is 0 Å². The molecule has 78 valence electrons. The van der Waals surface area contributed by atoms with Crippen LogP contribution in [-0.2, 0) is 0 Å². The summed E-state index contributed by atoms with van der Waals surface area (Å²) in [5.41, 5.74) is 2.67. The lowest BCUT2D eigenvalue weighted by molar-refractivity contribution is 0.252. The maximum Gasteiger partial charge on any atom is 0.129 e. The molecule has 0 aromatic carbocycles. The van der Waals surface area contributed by atoms with Gasteiger partial charge in [-0.2, -0.15) is 0 Å². The van der Waals surface area contributed by atoms with E-state index in [1.165, 1.54) is 37.1 Å². The van der Waals surface area contributed by atoms with Crippen LogP contribution in [0.25, 0.3) is 5.57 Å². The minimum atomic E-state index is 0.570. The van der Waals surface area contributed by atoms with Gasteiger partial charge in [0.05, 0.1) is 0 Å². The van der Waals surface area contributed by atoms with E-state index in [1.54, 1.807) is 0 Å². The van der Waals surface area contributed by atoms with Crippen molar-refractivity contribution in [2.45, 2.75) is 12.8 Å². The van der Waals surface area contributed by atoms with E-state index in [4.69, 9.17) is 11.6 Å². The van der Waals surface area contributed by atoms with Crippen molar-refractivity contribution in [3.05, 3.63) is 35.2 Å². The average Bonchev–Trinajstić information content (AvgIpc) is 2.31. The number of pyridine rings is 1. The molecule has 0 unspecified atom stereocenters. The summed E-state index contributed by atoms with van der Waals surface area (Å²) in [5.74, 6) is 0.734.